The van der Waals surface area contributed by atoms with Crippen molar-refractivity contribution in [2.75, 3.05) is 6.54 Å². The smallest absolute Gasteiger partial charge is 0.251 e. The number of hydrogen-bond acceptors (Lipinski definition) is 2. The van der Waals surface area contributed by atoms with Gasteiger partial charge >= 0.3 is 0 Å². The Bertz CT molecular complexity index is 328. The molecule has 0 aliphatic carbocycles. The van der Waals surface area contributed by atoms with Crippen molar-refractivity contribution in [3.8, 4) is 0 Å². The van der Waals surface area contributed by atoms with Gasteiger partial charge in [-0.1, -0.05) is 17.7 Å². The van der Waals surface area contributed by atoms with Crippen molar-refractivity contribution in [2.45, 2.75) is 19.9 Å². The van der Waals surface area contributed by atoms with Crippen LogP contribution in [0.25, 0.3) is 0 Å². The van der Waals surface area contributed by atoms with Gasteiger partial charge in [-0.2, -0.15) is 0 Å². The number of benzene rings is 1. The summed E-state index contributed by atoms with van der Waals surface area (Å²) in [5.41, 5.74) is 7.18. The molecule has 1 aromatic carbocycles. The summed E-state index contributed by atoms with van der Waals surface area (Å²) >= 11 is 0. The predicted molar refractivity (Wildman–Crippen MR) is 64.4 cm³/mol. The zero-order chi connectivity index (χ0) is 10.6. The quantitative estimate of drug-likeness (QED) is 0.824. The molecule has 0 bridgehead atoms. The number of nitrogens with two attached hydrogens (primary N) is 1. The Balaban J connectivity index is 0.00000196. The molecule has 0 fully saturated rings. The number of aryl methyl sites for hydroxylation is 1. The highest BCUT2D eigenvalue weighted by Gasteiger charge is 2.07. The lowest BCUT2D eigenvalue weighted by molar-refractivity contribution is 0.0941. The zero-order valence-electron chi connectivity index (χ0n) is 8.99. The van der Waals surface area contributed by atoms with E-state index in [1.165, 1.54) is 0 Å². The van der Waals surface area contributed by atoms with Gasteiger partial charge in [0.2, 0.25) is 0 Å². The van der Waals surface area contributed by atoms with Crippen molar-refractivity contribution in [1.29, 1.82) is 0 Å². The van der Waals surface area contributed by atoms with Crippen LogP contribution in [0.5, 0.6) is 0 Å². The van der Waals surface area contributed by atoms with Crippen LogP contribution >= 0.6 is 12.4 Å². The maximum absolute atomic E-state index is 11.6. The maximum atomic E-state index is 11.6. The highest BCUT2D eigenvalue weighted by atomic mass is 35.5. The van der Waals surface area contributed by atoms with Crippen molar-refractivity contribution in [3.63, 3.8) is 0 Å². The van der Waals surface area contributed by atoms with Gasteiger partial charge < -0.3 is 11.1 Å². The molecule has 3 nitrogen and oxygen atoms in total. The standard InChI is InChI=1S/C11H16N2O.ClH/c1-8-4-3-5-10(6-8)11(14)13-9(2)7-12;/h3-6,9H,7,12H2,1-2H3,(H,13,14);1H/t9-;/m0./s1. The molecule has 0 heterocycles. The van der Waals surface area contributed by atoms with E-state index in [2.05, 4.69) is 5.32 Å². The minimum Gasteiger partial charge on any atom is -0.348 e. The van der Waals surface area contributed by atoms with Crippen LogP contribution in [0.15, 0.2) is 24.3 Å². The first-order valence-electron chi connectivity index (χ1n) is 4.71. The molecule has 84 valence electrons. The Kier molecular flexibility index (Phi) is 5.97. The molecule has 0 unspecified atom stereocenters. The van der Waals surface area contributed by atoms with Crippen molar-refractivity contribution in [2.24, 2.45) is 5.73 Å². The monoisotopic (exact) mass is 228 g/mol. The van der Waals surface area contributed by atoms with E-state index in [4.69, 9.17) is 5.73 Å². The Morgan fingerprint density at radius 1 is 1.53 bits per heavy atom. The molecule has 0 saturated heterocycles. The number of halogens is 1. The molecule has 1 amide bonds. The van der Waals surface area contributed by atoms with Gasteiger partial charge in [-0.25, -0.2) is 0 Å². The van der Waals surface area contributed by atoms with Gasteiger partial charge in [0.05, 0.1) is 0 Å². The number of hydrogen-bond donors (Lipinski definition) is 2. The van der Waals surface area contributed by atoms with Gasteiger partial charge in [0.15, 0.2) is 0 Å². The van der Waals surface area contributed by atoms with Gasteiger partial charge in [-0.15, -0.1) is 12.4 Å². The zero-order valence-corrected chi connectivity index (χ0v) is 9.80. The molecule has 1 atom stereocenters. The summed E-state index contributed by atoms with van der Waals surface area (Å²) in [5.74, 6) is -0.0633. The van der Waals surface area contributed by atoms with Crippen LogP contribution in [0.3, 0.4) is 0 Å². The molecule has 0 aromatic heterocycles. The lowest BCUT2D eigenvalue weighted by Gasteiger charge is -2.11. The average molecular weight is 229 g/mol. The van der Waals surface area contributed by atoms with Crippen molar-refractivity contribution in [3.05, 3.63) is 35.4 Å². The van der Waals surface area contributed by atoms with E-state index in [1.54, 1.807) is 6.07 Å². The lowest BCUT2D eigenvalue weighted by atomic mass is 10.1. The van der Waals surface area contributed by atoms with Gasteiger partial charge in [0, 0.05) is 18.2 Å². The summed E-state index contributed by atoms with van der Waals surface area (Å²) in [6, 6.07) is 7.51. The minimum absolute atomic E-state index is 0. The molecule has 1 rings (SSSR count). The molecule has 0 aliphatic rings. The van der Waals surface area contributed by atoms with E-state index in [9.17, 15) is 4.79 Å². The number of carbonyl (C=O) groups is 1. The first kappa shape index (κ1) is 13.9. The fourth-order valence-electron chi connectivity index (χ4n) is 1.15. The highest BCUT2D eigenvalue weighted by Crippen LogP contribution is 2.03. The second-order valence-corrected chi connectivity index (χ2v) is 3.48. The van der Waals surface area contributed by atoms with Crippen molar-refractivity contribution < 1.29 is 4.79 Å². The van der Waals surface area contributed by atoms with Crippen LogP contribution in [0, 0.1) is 6.92 Å². The molecule has 15 heavy (non-hydrogen) atoms. The van der Waals surface area contributed by atoms with Crippen LogP contribution in [0.2, 0.25) is 0 Å². The van der Waals surface area contributed by atoms with Gasteiger partial charge in [-0.3, -0.25) is 4.79 Å². The summed E-state index contributed by atoms with van der Waals surface area (Å²) in [5, 5.41) is 2.81. The number of nitrogens with one attached hydrogen (secondary N) is 1. The Morgan fingerprint density at radius 2 is 2.20 bits per heavy atom. The van der Waals surface area contributed by atoms with Crippen LogP contribution in [-0.4, -0.2) is 18.5 Å². The fourth-order valence-corrected chi connectivity index (χ4v) is 1.15. The van der Waals surface area contributed by atoms with Crippen LogP contribution in [-0.2, 0) is 0 Å². The Labute approximate surface area is 96.5 Å². The molecular formula is C11H17ClN2O. The van der Waals surface area contributed by atoms with E-state index in [-0.39, 0.29) is 24.4 Å². The van der Waals surface area contributed by atoms with Gasteiger partial charge in [0.25, 0.3) is 5.91 Å². The SMILES string of the molecule is Cc1cccc(C(=O)N[C@@H](C)CN)c1.Cl. The number of rotatable bonds is 3. The van der Waals surface area contributed by atoms with E-state index in [0.29, 0.717) is 12.1 Å². The number of carbonyl (C=O) groups excluding carboxylic acids is 1. The van der Waals surface area contributed by atoms with E-state index >= 15 is 0 Å². The highest BCUT2D eigenvalue weighted by molar-refractivity contribution is 5.94. The molecule has 3 N–H and O–H groups in total. The predicted octanol–water partition coefficient (Wildman–Crippen LogP) is 1.49. The summed E-state index contributed by atoms with van der Waals surface area (Å²) in [4.78, 5) is 11.6. The molecule has 1 aromatic rings. The number of amides is 1. The normalized spacial score (nSPS) is 11.4. The first-order chi connectivity index (χ1) is 6.63. The third-order valence-corrected chi connectivity index (χ3v) is 2.01. The lowest BCUT2D eigenvalue weighted by Crippen LogP contribution is -2.37. The van der Waals surface area contributed by atoms with E-state index < -0.39 is 0 Å². The maximum Gasteiger partial charge on any atom is 0.251 e. The van der Waals surface area contributed by atoms with Crippen LogP contribution < -0.4 is 11.1 Å². The third-order valence-electron chi connectivity index (χ3n) is 2.01. The van der Waals surface area contributed by atoms with Crippen LogP contribution in [0.1, 0.15) is 22.8 Å². The minimum atomic E-state index is -0.0633. The first-order valence-corrected chi connectivity index (χ1v) is 4.71. The second-order valence-electron chi connectivity index (χ2n) is 3.48. The second kappa shape index (κ2) is 6.43. The largest absolute Gasteiger partial charge is 0.348 e. The van der Waals surface area contributed by atoms with Crippen molar-refractivity contribution >= 4 is 18.3 Å². The summed E-state index contributed by atoms with van der Waals surface area (Å²) < 4.78 is 0. The molecule has 0 aliphatic heterocycles. The van der Waals surface area contributed by atoms with Gasteiger partial charge in [0.1, 0.15) is 0 Å². The molecule has 0 spiro atoms. The summed E-state index contributed by atoms with van der Waals surface area (Å²) in [6.07, 6.45) is 0. The van der Waals surface area contributed by atoms with Crippen molar-refractivity contribution in [1.82, 2.24) is 5.32 Å². The van der Waals surface area contributed by atoms with E-state index in [0.717, 1.165) is 5.56 Å². The molecule has 0 radical (unpaired) electrons. The topological polar surface area (TPSA) is 55.1 Å². The average Bonchev–Trinajstić information content (AvgIpc) is 2.17. The Morgan fingerprint density at radius 3 is 2.73 bits per heavy atom. The summed E-state index contributed by atoms with van der Waals surface area (Å²) in [7, 11) is 0. The molecule has 0 saturated carbocycles. The summed E-state index contributed by atoms with van der Waals surface area (Å²) in [6.45, 7) is 4.30. The van der Waals surface area contributed by atoms with Gasteiger partial charge in [-0.05, 0) is 26.0 Å². The molecular weight excluding hydrogens is 212 g/mol. The molecule has 4 heteroatoms. The Hall–Kier alpha value is -1.06. The van der Waals surface area contributed by atoms with Crippen LogP contribution in [0.4, 0.5) is 0 Å². The van der Waals surface area contributed by atoms with E-state index in [1.807, 2.05) is 32.0 Å². The fraction of sp³-hybridized carbons (Fsp3) is 0.364. The third kappa shape index (κ3) is 4.32.